The summed E-state index contributed by atoms with van der Waals surface area (Å²) in [4.78, 5) is 0. The highest BCUT2D eigenvalue weighted by Gasteiger charge is 2.48. The van der Waals surface area contributed by atoms with E-state index in [0.29, 0.717) is 5.92 Å². The second kappa shape index (κ2) is 4.75. The first-order valence-corrected chi connectivity index (χ1v) is 7.67. The van der Waals surface area contributed by atoms with Crippen LogP contribution in [0.2, 0.25) is 0 Å². The second-order valence-electron chi connectivity index (χ2n) is 6.04. The molecule has 2 aromatic rings. The van der Waals surface area contributed by atoms with E-state index in [1.54, 1.807) is 0 Å². The molecule has 2 aliphatic rings. The molecule has 2 unspecified atom stereocenters. The number of hydrogen-bond acceptors (Lipinski definition) is 1. The van der Waals surface area contributed by atoms with Crippen molar-refractivity contribution in [1.82, 2.24) is 0 Å². The van der Waals surface area contributed by atoms with Gasteiger partial charge in [-0.25, -0.2) is 0 Å². The van der Waals surface area contributed by atoms with E-state index >= 15 is 0 Å². The van der Waals surface area contributed by atoms with Gasteiger partial charge in [0.2, 0.25) is 0 Å². The number of ether oxygens (including phenoxy) is 1. The summed E-state index contributed by atoms with van der Waals surface area (Å²) >= 11 is 0. The fraction of sp³-hybridized carbons (Fsp3) is 0.368. The Labute approximate surface area is 120 Å². The summed E-state index contributed by atoms with van der Waals surface area (Å²) in [6.07, 6.45) is 4.98. The SMILES string of the molecule is c1ccc(C2CCCCC23OCc2ccccc23)cc1. The molecule has 0 aromatic heterocycles. The Hall–Kier alpha value is -1.60. The van der Waals surface area contributed by atoms with Gasteiger partial charge in [-0.2, -0.15) is 0 Å². The van der Waals surface area contributed by atoms with Crippen LogP contribution in [0.4, 0.5) is 0 Å². The zero-order valence-electron chi connectivity index (χ0n) is 11.7. The number of hydrogen-bond donors (Lipinski definition) is 0. The summed E-state index contributed by atoms with van der Waals surface area (Å²) in [5.74, 6) is 0.501. The van der Waals surface area contributed by atoms with Gasteiger partial charge in [-0.05, 0) is 29.5 Å². The van der Waals surface area contributed by atoms with Crippen LogP contribution in [0.1, 0.15) is 48.3 Å². The lowest BCUT2D eigenvalue weighted by Crippen LogP contribution is -2.36. The minimum Gasteiger partial charge on any atom is -0.365 e. The topological polar surface area (TPSA) is 9.23 Å². The van der Waals surface area contributed by atoms with Gasteiger partial charge in [0.15, 0.2) is 0 Å². The molecule has 1 aliphatic carbocycles. The third kappa shape index (κ3) is 1.73. The molecule has 0 amide bonds. The Morgan fingerprint density at radius 1 is 0.900 bits per heavy atom. The highest BCUT2D eigenvalue weighted by molar-refractivity contribution is 5.40. The molecule has 2 atom stereocenters. The van der Waals surface area contributed by atoms with E-state index in [1.807, 2.05) is 0 Å². The normalized spacial score (nSPS) is 28.5. The van der Waals surface area contributed by atoms with Crippen molar-refractivity contribution >= 4 is 0 Å². The van der Waals surface area contributed by atoms with Crippen molar-refractivity contribution in [2.75, 3.05) is 0 Å². The summed E-state index contributed by atoms with van der Waals surface area (Å²) in [6, 6.07) is 19.7. The molecule has 102 valence electrons. The van der Waals surface area contributed by atoms with E-state index in [4.69, 9.17) is 4.74 Å². The first kappa shape index (κ1) is 12.2. The van der Waals surface area contributed by atoms with Crippen molar-refractivity contribution in [3.8, 4) is 0 Å². The highest BCUT2D eigenvalue weighted by Crippen LogP contribution is 2.54. The highest BCUT2D eigenvalue weighted by atomic mass is 16.5. The van der Waals surface area contributed by atoms with Gasteiger partial charge in [-0.3, -0.25) is 0 Å². The van der Waals surface area contributed by atoms with Crippen LogP contribution in [0.5, 0.6) is 0 Å². The van der Waals surface area contributed by atoms with Crippen LogP contribution in [-0.4, -0.2) is 0 Å². The largest absolute Gasteiger partial charge is 0.365 e. The standard InChI is InChI=1S/C19H20O/c1-2-8-15(9-3-1)17-12-6-7-13-19(17)18-11-5-4-10-16(18)14-20-19/h1-5,8-11,17H,6-7,12-14H2. The minimum atomic E-state index is -0.0732. The molecule has 20 heavy (non-hydrogen) atoms. The van der Waals surface area contributed by atoms with E-state index in [2.05, 4.69) is 54.6 Å². The maximum absolute atomic E-state index is 6.42. The maximum atomic E-state index is 6.42. The van der Waals surface area contributed by atoms with E-state index in [9.17, 15) is 0 Å². The van der Waals surface area contributed by atoms with Gasteiger partial charge in [0, 0.05) is 5.92 Å². The fourth-order valence-corrected chi connectivity index (χ4v) is 4.10. The van der Waals surface area contributed by atoms with Crippen LogP contribution in [0.25, 0.3) is 0 Å². The molecule has 1 heteroatoms. The quantitative estimate of drug-likeness (QED) is 0.721. The van der Waals surface area contributed by atoms with E-state index < -0.39 is 0 Å². The smallest absolute Gasteiger partial charge is 0.101 e. The molecule has 0 radical (unpaired) electrons. The Kier molecular flexibility index (Phi) is 2.89. The summed E-state index contributed by atoms with van der Waals surface area (Å²) in [5.41, 5.74) is 4.18. The van der Waals surface area contributed by atoms with Crippen molar-refractivity contribution in [2.45, 2.75) is 43.8 Å². The number of benzene rings is 2. The summed E-state index contributed by atoms with van der Waals surface area (Å²) in [5, 5.41) is 0. The van der Waals surface area contributed by atoms with Gasteiger partial charge in [-0.1, -0.05) is 67.4 Å². The lowest BCUT2D eigenvalue weighted by atomic mass is 9.68. The van der Waals surface area contributed by atoms with Crippen molar-refractivity contribution in [1.29, 1.82) is 0 Å². The molecule has 1 aliphatic heterocycles. The number of fused-ring (bicyclic) bond motifs is 2. The van der Waals surface area contributed by atoms with Gasteiger partial charge >= 0.3 is 0 Å². The lowest BCUT2D eigenvalue weighted by Gasteiger charge is -2.41. The van der Waals surface area contributed by atoms with Crippen molar-refractivity contribution in [3.63, 3.8) is 0 Å². The average molecular weight is 264 g/mol. The number of rotatable bonds is 1. The summed E-state index contributed by atoms with van der Waals surface area (Å²) in [6.45, 7) is 0.777. The van der Waals surface area contributed by atoms with Gasteiger partial charge in [0.05, 0.1) is 6.61 Å². The average Bonchev–Trinajstić information content (AvgIpc) is 2.89. The summed E-state index contributed by atoms with van der Waals surface area (Å²) in [7, 11) is 0. The maximum Gasteiger partial charge on any atom is 0.101 e. The van der Waals surface area contributed by atoms with Crippen LogP contribution in [0, 0.1) is 0 Å². The summed E-state index contributed by atoms with van der Waals surface area (Å²) < 4.78 is 6.42. The van der Waals surface area contributed by atoms with Gasteiger partial charge in [-0.15, -0.1) is 0 Å². The molecule has 1 fully saturated rings. The second-order valence-corrected chi connectivity index (χ2v) is 6.04. The van der Waals surface area contributed by atoms with Crippen LogP contribution >= 0.6 is 0 Å². The molecular formula is C19H20O. The molecule has 0 saturated heterocycles. The Morgan fingerprint density at radius 3 is 2.60 bits per heavy atom. The Bertz CT molecular complexity index is 600. The van der Waals surface area contributed by atoms with Gasteiger partial charge in [0.25, 0.3) is 0 Å². The fourth-order valence-electron chi connectivity index (χ4n) is 4.10. The Balaban J connectivity index is 1.83. The molecule has 2 aromatic carbocycles. The van der Waals surface area contributed by atoms with Crippen LogP contribution in [-0.2, 0) is 16.9 Å². The lowest BCUT2D eigenvalue weighted by molar-refractivity contribution is -0.0800. The molecule has 1 spiro atoms. The third-order valence-electron chi connectivity index (χ3n) is 5.01. The minimum absolute atomic E-state index is 0.0732. The first-order chi connectivity index (χ1) is 9.90. The van der Waals surface area contributed by atoms with E-state index in [-0.39, 0.29) is 5.60 Å². The van der Waals surface area contributed by atoms with Gasteiger partial charge < -0.3 is 4.74 Å². The van der Waals surface area contributed by atoms with Crippen molar-refractivity contribution in [2.24, 2.45) is 0 Å². The van der Waals surface area contributed by atoms with E-state index in [0.717, 1.165) is 13.0 Å². The molecule has 1 nitrogen and oxygen atoms in total. The van der Waals surface area contributed by atoms with Crippen molar-refractivity contribution in [3.05, 3.63) is 71.3 Å². The Morgan fingerprint density at radius 2 is 1.70 bits per heavy atom. The van der Waals surface area contributed by atoms with Crippen LogP contribution < -0.4 is 0 Å². The van der Waals surface area contributed by atoms with Crippen LogP contribution in [0.3, 0.4) is 0 Å². The van der Waals surface area contributed by atoms with Gasteiger partial charge in [0.1, 0.15) is 5.60 Å². The molecule has 0 N–H and O–H groups in total. The first-order valence-electron chi connectivity index (χ1n) is 7.67. The molecule has 0 bridgehead atoms. The predicted molar refractivity (Wildman–Crippen MR) is 80.6 cm³/mol. The predicted octanol–water partition coefficient (Wildman–Crippen LogP) is 4.77. The molecule has 1 heterocycles. The molecule has 1 saturated carbocycles. The zero-order valence-corrected chi connectivity index (χ0v) is 11.7. The monoisotopic (exact) mass is 264 g/mol. The molecular weight excluding hydrogens is 244 g/mol. The zero-order chi connectivity index (χ0) is 13.4. The molecule has 4 rings (SSSR count). The van der Waals surface area contributed by atoms with Crippen LogP contribution in [0.15, 0.2) is 54.6 Å². The van der Waals surface area contributed by atoms with E-state index in [1.165, 1.54) is 36.0 Å². The van der Waals surface area contributed by atoms with Crippen molar-refractivity contribution < 1.29 is 4.74 Å². The third-order valence-corrected chi connectivity index (χ3v) is 5.01.